The van der Waals surface area contributed by atoms with Gasteiger partial charge in [0.25, 0.3) is 35.4 Å². The van der Waals surface area contributed by atoms with Crippen molar-refractivity contribution in [3.63, 3.8) is 0 Å². The zero-order chi connectivity index (χ0) is 98.3. The third kappa shape index (κ3) is 20.4. The third-order valence-corrected chi connectivity index (χ3v) is 25.0. The Balaban J connectivity index is 0.000000108. The predicted octanol–water partition coefficient (Wildman–Crippen LogP) is 16.9. The fraction of sp³-hybridized carbons (Fsp3) is 0.157. The number of rotatable bonds is 18. The summed E-state index contributed by atoms with van der Waals surface area (Å²) in [5.41, 5.74) is 21.0. The average Bonchev–Trinajstić information content (AvgIpc) is 1.67. The number of hydrogen-bond donors (Lipinski definition) is 0. The van der Waals surface area contributed by atoms with E-state index in [-0.39, 0.29) is 96.9 Å². The van der Waals surface area contributed by atoms with Crippen molar-refractivity contribution in [2.45, 2.75) is 78.5 Å². The van der Waals surface area contributed by atoms with E-state index in [2.05, 4.69) is 55.4 Å². The van der Waals surface area contributed by atoms with Gasteiger partial charge < -0.3 is 34.0 Å². The first-order chi connectivity index (χ1) is 68.9. The molecule has 142 heavy (non-hydrogen) atoms. The minimum Gasteiger partial charge on any atom is -0.330 e. The van der Waals surface area contributed by atoms with Crippen LogP contribution in [0, 0.1) is 29.1 Å². The lowest BCUT2D eigenvalue weighted by atomic mass is 10.1. The van der Waals surface area contributed by atoms with Gasteiger partial charge in [-0.15, -0.1) is 0 Å². The summed E-state index contributed by atoms with van der Waals surface area (Å²) in [5, 5.41) is 20.5. The number of aromatic nitrogens is 17. The average molecular weight is 1900 g/mol. The number of benzene rings is 6. The van der Waals surface area contributed by atoms with Crippen molar-refractivity contribution in [2.24, 2.45) is 35.2 Å². The zero-order valence-electron chi connectivity index (χ0n) is 77.6. The topological polar surface area (TPSA) is 293 Å². The van der Waals surface area contributed by atoms with Crippen LogP contribution in [0.4, 0.5) is 22.0 Å². The molecule has 24 rings (SSSR count). The molecule has 0 saturated heterocycles. The van der Waals surface area contributed by atoms with E-state index in [9.17, 15) is 50.7 Å². The highest BCUT2D eigenvalue weighted by molar-refractivity contribution is 6.01. The molecule has 18 aromatic rings. The molecule has 29 nitrogen and oxygen atoms in total. The second kappa shape index (κ2) is 40.7. The van der Waals surface area contributed by atoms with Gasteiger partial charge in [0.05, 0.1) is 90.7 Å². The fourth-order valence-electron chi connectivity index (χ4n) is 17.6. The summed E-state index contributed by atoms with van der Waals surface area (Å²) in [6.07, 6.45) is 29.4. The van der Waals surface area contributed by atoms with Crippen LogP contribution in [-0.4, -0.2) is 148 Å². The first kappa shape index (κ1) is 93.1. The van der Waals surface area contributed by atoms with Crippen molar-refractivity contribution in [3.05, 3.63) is 441 Å². The Hall–Kier alpha value is -18.0. The summed E-state index contributed by atoms with van der Waals surface area (Å²) in [5.74, 6) is -2.28. The van der Waals surface area contributed by atoms with E-state index < -0.39 is 17.5 Å². The molecule has 0 saturated carbocycles. The quantitative estimate of drug-likeness (QED) is 0.0721. The van der Waals surface area contributed by atoms with Crippen LogP contribution in [0.2, 0.25) is 0 Å². The Kier molecular flexibility index (Phi) is 26.7. The Labute approximate surface area is 811 Å². The standard InChI is InChI=1S/C19H16FN3O.C19H15FN2O.C18H15FN4O.C18H16N4O.2C17H14FN5O/c1-22-18(8-9-21-22)13-6-7-15(17(20)10-13)12-23-11-14-4-2-3-5-16(14)19(23)24;20-18-11-16(21-9-3-4-10-21)8-7-15(18)13-22-12-14-5-1-2-6-17(14)19(22)23;1-22-9-14(8-21-22)13-6-16(19)17(20-7-13)11-23-10-12-4-2-3-5-15(12)18(23)24;1-21-11-15(9-20-21)17-7-6-13(8-19-17)10-22-12-14-4-2-3-5-16(14)18(22)23;1-22-8-12(7-21-22)11-5-14(18)16(20-6-11)10-23-9-15-13(17(23)24)3-2-4-19-15;1-22-8-13(7-21-22)12-5-14(18)15(20-6-12)10-23-9-11-3-2-4-19-16(11)17(23)24/h2-10H,11-12H2,1H3;1-11H,12-13H2;2-9H,10-11H2,1H3;2-9,11H,10,12H2,1H3;2*2-8H,9-10H2,1H3. The summed E-state index contributed by atoms with van der Waals surface area (Å²) >= 11 is 0. The Morgan fingerprint density at radius 2 is 0.669 bits per heavy atom. The van der Waals surface area contributed by atoms with Gasteiger partial charge in [-0.25, -0.2) is 22.0 Å². The van der Waals surface area contributed by atoms with E-state index in [0.717, 1.165) is 95.1 Å². The Morgan fingerprint density at radius 3 is 1.08 bits per heavy atom. The molecule has 6 aliphatic heterocycles. The molecule has 12 aromatic heterocycles. The van der Waals surface area contributed by atoms with Crippen LogP contribution in [0.3, 0.4) is 0 Å². The molecule has 0 atom stereocenters. The van der Waals surface area contributed by atoms with E-state index in [1.54, 1.807) is 186 Å². The zero-order valence-corrected chi connectivity index (χ0v) is 77.6. The van der Waals surface area contributed by atoms with Crippen molar-refractivity contribution in [2.75, 3.05) is 0 Å². The molecule has 34 heteroatoms. The third-order valence-electron chi connectivity index (χ3n) is 25.0. The molecule has 0 aliphatic carbocycles. The molecule has 18 heterocycles. The Morgan fingerprint density at radius 1 is 0.282 bits per heavy atom. The monoisotopic (exact) mass is 1900 g/mol. The SMILES string of the molecule is Cn1cc(-c2ccc(CN3Cc4ccccc4C3=O)cn2)cn1.Cn1cc(-c2cnc(CN3Cc4ccccc4C3=O)c(F)c2)cn1.Cn1cc(-c2cnc(CN3Cc4cccnc4C3=O)c(F)c2)cn1.Cn1cc(-c2cnc(CN3Cc4ncccc4C3=O)c(F)c2)cn1.Cn1nccc1-c1ccc(CN2Cc3ccccc3C2=O)c(F)c1.O=C1c2ccccc2CN1Cc1ccc(-n2cccc2)cc1F. The highest BCUT2D eigenvalue weighted by atomic mass is 19.1. The van der Waals surface area contributed by atoms with E-state index in [1.165, 1.54) is 30.3 Å². The minimum absolute atomic E-state index is 0.0329. The van der Waals surface area contributed by atoms with Crippen molar-refractivity contribution in [3.8, 4) is 61.6 Å². The van der Waals surface area contributed by atoms with E-state index in [4.69, 9.17) is 0 Å². The van der Waals surface area contributed by atoms with Gasteiger partial charge in [-0.05, 0) is 131 Å². The Bertz CT molecular complexity index is 7460. The van der Waals surface area contributed by atoms with Crippen molar-refractivity contribution in [1.29, 1.82) is 0 Å². The molecular formula is C108H90F5N23O6. The minimum atomic E-state index is -0.437. The predicted molar refractivity (Wildman–Crippen MR) is 516 cm³/mol. The lowest BCUT2D eigenvalue weighted by Crippen LogP contribution is -2.24. The second-order valence-electron chi connectivity index (χ2n) is 34.7. The number of carbonyl (C=O) groups is 6. The maximum atomic E-state index is 14.5. The number of halogens is 5. The van der Waals surface area contributed by atoms with Crippen molar-refractivity contribution in [1.82, 2.24) is 113 Å². The number of aryl methyl sites for hydroxylation is 5. The highest BCUT2D eigenvalue weighted by Gasteiger charge is 2.35. The molecule has 0 bridgehead atoms. The van der Waals surface area contributed by atoms with E-state index >= 15 is 0 Å². The normalized spacial score (nSPS) is 13.4. The molecular weight excluding hydrogens is 1810 g/mol. The summed E-state index contributed by atoms with van der Waals surface area (Å²) in [4.78, 5) is 109. The molecule has 6 aliphatic rings. The van der Waals surface area contributed by atoms with Crippen LogP contribution in [0.15, 0.2) is 312 Å². The second-order valence-corrected chi connectivity index (χ2v) is 34.7. The number of nitrogens with zero attached hydrogens (tertiary/aromatic N) is 23. The largest absolute Gasteiger partial charge is 0.330 e. The van der Waals surface area contributed by atoms with Gasteiger partial charge in [0.15, 0.2) is 0 Å². The van der Waals surface area contributed by atoms with Gasteiger partial charge in [-0.2, -0.15) is 25.5 Å². The summed E-state index contributed by atoms with van der Waals surface area (Å²) in [6, 6.07) is 61.5. The maximum absolute atomic E-state index is 14.5. The van der Waals surface area contributed by atoms with Gasteiger partial charge in [-0.1, -0.05) is 103 Å². The fourth-order valence-corrected chi connectivity index (χ4v) is 17.6. The highest BCUT2D eigenvalue weighted by Crippen LogP contribution is 2.35. The number of pyridine rings is 6. The molecule has 6 amide bonds. The van der Waals surface area contributed by atoms with Crippen LogP contribution in [0.1, 0.15) is 130 Å². The molecule has 6 aromatic carbocycles. The lowest BCUT2D eigenvalue weighted by Gasteiger charge is -2.16. The van der Waals surface area contributed by atoms with Crippen LogP contribution >= 0.6 is 0 Å². The molecule has 0 unspecified atom stereocenters. The van der Waals surface area contributed by atoms with Gasteiger partial charge >= 0.3 is 0 Å². The van der Waals surface area contributed by atoms with Crippen molar-refractivity contribution >= 4 is 35.4 Å². The van der Waals surface area contributed by atoms with Crippen LogP contribution in [-0.2, 0) is 114 Å². The van der Waals surface area contributed by atoms with Gasteiger partial charge in [0.2, 0.25) is 0 Å². The summed E-state index contributed by atoms with van der Waals surface area (Å²) in [6.45, 7) is 4.54. The number of amides is 6. The smallest absolute Gasteiger partial charge is 0.273 e. The molecule has 0 radical (unpaired) electrons. The molecule has 708 valence electrons. The van der Waals surface area contributed by atoms with Gasteiger partial charge in [0.1, 0.15) is 34.8 Å². The first-order valence-electron chi connectivity index (χ1n) is 45.4. The number of fused-ring (bicyclic) bond motifs is 6. The van der Waals surface area contributed by atoms with Crippen LogP contribution in [0.5, 0.6) is 0 Å². The molecule has 0 spiro atoms. The first-order valence-corrected chi connectivity index (χ1v) is 45.4. The number of hydrogen-bond acceptors (Lipinski definition) is 17. The van der Waals surface area contributed by atoms with Crippen LogP contribution < -0.4 is 0 Å². The summed E-state index contributed by atoms with van der Waals surface area (Å²) < 4.78 is 82.4. The van der Waals surface area contributed by atoms with Crippen LogP contribution in [0.25, 0.3) is 61.6 Å². The number of carbonyl (C=O) groups excluding carboxylic acids is 6. The molecule has 0 fully saturated rings. The molecule has 0 N–H and O–H groups in total. The van der Waals surface area contributed by atoms with Gasteiger partial charge in [0, 0.05) is 257 Å². The maximum Gasteiger partial charge on any atom is 0.273 e. The summed E-state index contributed by atoms with van der Waals surface area (Å²) in [7, 11) is 9.10. The van der Waals surface area contributed by atoms with Gasteiger partial charge in [-0.3, -0.25) is 82.1 Å². The van der Waals surface area contributed by atoms with E-state index in [1.807, 2.05) is 188 Å². The van der Waals surface area contributed by atoms with Crippen molar-refractivity contribution < 1.29 is 50.7 Å². The lowest BCUT2D eigenvalue weighted by molar-refractivity contribution is 0.0752. The van der Waals surface area contributed by atoms with E-state index in [0.29, 0.717) is 96.0 Å².